The second-order valence-electron chi connectivity index (χ2n) is 12.3. The zero-order valence-electron chi connectivity index (χ0n) is 25.3. The van der Waals surface area contributed by atoms with Gasteiger partial charge in [0, 0.05) is 37.8 Å². The maximum atomic E-state index is 14.6. The van der Waals surface area contributed by atoms with Crippen molar-refractivity contribution in [3.63, 3.8) is 0 Å². The molecule has 3 atom stereocenters. The first-order valence-electron chi connectivity index (χ1n) is 15.6. The summed E-state index contributed by atoms with van der Waals surface area (Å²) in [6, 6.07) is 30.6. The number of carbonyl (C=O) groups is 2. The molecule has 0 spiro atoms. The van der Waals surface area contributed by atoms with Crippen LogP contribution in [0.25, 0.3) is 11.3 Å². The zero-order chi connectivity index (χ0) is 30.5. The van der Waals surface area contributed by atoms with Crippen LogP contribution in [0.5, 0.6) is 0 Å². The summed E-state index contributed by atoms with van der Waals surface area (Å²) in [7, 11) is 0. The Morgan fingerprint density at radius 2 is 1.57 bits per heavy atom. The number of ether oxygens (including phenoxy) is 1. The van der Waals surface area contributed by atoms with Gasteiger partial charge in [-0.05, 0) is 43.7 Å². The van der Waals surface area contributed by atoms with Crippen LogP contribution in [-0.4, -0.2) is 62.6 Å². The highest BCUT2D eigenvalue weighted by Crippen LogP contribution is 2.43. The van der Waals surface area contributed by atoms with Gasteiger partial charge in [0.15, 0.2) is 5.69 Å². The van der Waals surface area contributed by atoms with Crippen LogP contribution in [0.4, 0.5) is 4.79 Å². The molecule has 1 aliphatic heterocycles. The van der Waals surface area contributed by atoms with Crippen LogP contribution in [0.1, 0.15) is 60.3 Å². The van der Waals surface area contributed by atoms with Gasteiger partial charge in [0.25, 0.3) is 5.91 Å². The molecule has 8 heteroatoms. The van der Waals surface area contributed by atoms with Crippen LogP contribution in [0.2, 0.25) is 0 Å². The van der Waals surface area contributed by atoms with Gasteiger partial charge < -0.3 is 19.9 Å². The van der Waals surface area contributed by atoms with Crippen molar-refractivity contribution in [2.45, 2.75) is 63.3 Å². The van der Waals surface area contributed by atoms with Crippen molar-refractivity contribution in [3.8, 4) is 11.3 Å². The molecular weight excluding hydrogens is 550 g/mol. The Bertz CT molecular complexity index is 1560. The lowest BCUT2D eigenvalue weighted by Gasteiger charge is -2.42. The van der Waals surface area contributed by atoms with Crippen LogP contribution in [0, 0.1) is 0 Å². The van der Waals surface area contributed by atoms with E-state index in [0.717, 1.165) is 56.6 Å². The van der Waals surface area contributed by atoms with Crippen molar-refractivity contribution in [1.29, 1.82) is 0 Å². The average Bonchev–Trinajstić information content (AvgIpc) is 3.47. The molecule has 2 amide bonds. The Kier molecular flexibility index (Phi) is 8.79. The molecule has 1 aliphatic carbocycles. The summed E-state index contributed by atoms with van der Waals surface area (Å²) < 4.78 is 7.81. The monoisotopic (exact) mass is 591 g/mol. The summed E-state index contributed by atoms with van der Waals surface area (Å²) >= 11 is 0. The predicted molar refractivity (Wildman–Crippen MR) is 171 cm³/mol. The molecule has 228 valence electrons. The number of amides is 2. The lowest BCUT2D eigenvalue weighted by atomic mass is 9.81. The third-order valence-corrected chi connectivity index (χ3v) is 9.21. The molecule has 2 N–H and O–H groups in total. The summed E-state index contributed by atoms with van der Waals surface area (Å²) in [5.41, 5.74) is 9.30. The summed E-state index contributed by atoms with van der Waals surface area (Å²) in [5.74, 6) is -0.0729. The third kappa shape index (κ3) is 6.40. The van der Waals surface area contributed by atoms with Crippen LogP contribution >= 0.6 is 0 Å². The topological polar surface area (TPSA) is 93.7 Å². The Morgan fingerprint density at radius 3 is 2.25 bits per heavy atom. The average molecular weight is 592 g/mol. The molecule has 2 aliphatic rings. The lowest BCUT2D eigenvalue weighted by molar-refractivity contribution is -0.0354. The molecular formula is C36H41N5O3. The van der Waals surface area contributed by atoms with Crippen molar-refractivity contribution in [1.82, 2.24) is 19.4 Å². The van der Waals surface area contributed by atoms with Gasteiger partial charge in [0.2, 0.25) is 0 Å². The highest BCUT2D eigenvalue weighted by Gasteiger charge is 2.43. The van der Waals surface area contributed by atoms with E-state index in [1.807, 2.05) is 54.3 Å². The summed E-state index contributed by atoms with van der Waals surface area (Å²) in [4.78, 5) is 35.8. The smallest absolute Gasteiger partial charge is 0.405 e. The van der Waals surface area contributed by atoms with Gasteiger partial charge in [-0.15, -0.1) is 0 Å². The number of hydrogen-bond donors (Lipinski definition) is 1. The normalized spacial score (nSPS) is 22.4. The molecule has 1 aromatic heterocycles. The molecule has 3 aromatic carbocycles. The molecule has 1 saturated carbocycles. The minimum Gasteiger partial charge on any atom is -0.441 e. The number of hydrogen-bond acceptors (Lipinski definition) is 5. The maximum Gasteiger partial charge on any atom is 0.405 e. The first-order chi connectivity index (χ1) is 21.4. The number of piperazine rings is 1. The van der Waals surface area contributed by atoms with E-state index in [-0.39, 0.29) is 18.0 Å². The summed E-state index contributed by atoms with van der Waals surface area (Å²) in [6.45, 7) is 4.94. The Balaban J connectivity index is 1.35. The maximum absolute atomic E-state index is 14.6. The van der Waals surface area contributed by atoms with Crippen LogP contribution in [0.15, 0.2) is 97.3 Å². The van der Waals surface area contributed by atoms with E-state index in [2.05, 4.69) is 58.0 Å². The molecule has 2 fully saturated rings. The van der Waals surface area contributed by atoms with Crippen LogP contribution in [-0.2, 0) is 17.7 Å². The van der Waals surface area contributed by atoms with Gasteiger partial charge in [-0.3, -0.25) is 9.69 Å². The van der Waals surface area contributed by atoms with Crippen LogP contribution in [0.3, 0.4) is 0 Å². The van der Waals surface area contributed by atoms with Crippen molar-refractivity contribution >= 4 is 12.0 Å². The van der Waals surface area contributed by atoms with E-state index < -0.39 is 11.7 Å². The summed E-state index contributed by atoms with van der Waals surface area (Å²) in [5, 5.41) is 0. The molecule has 0 radical (unpaired) electrons. The first-order valence-corrected chi connectivity index (χ1v) is 15.6. The van der Waals surface area contributed by atoms with Crippen molar-refractivity contribution in [3.05, 3.63) is 114 Å². The van der Waals surface area contributed by atoms with Crippen molar-refractivity contribution in [2.24, 2.45) is 5.73 Å². The van der Waals surface area contributed by atoms with Crippen molar-refractivity contribution in [2.75, 3.05) is 19.6 Å². The van der Waals surface area contributed by atoms with Gasteiger partial charge in [-0.25, -0.2) is 9.78 Å². The fraction of sp³-hybridized carbons (Fsp3) is 0.361. The second kappa shape index (κ2) is 13.1. The largest absolute Gasteiger partial charge is 0.441 e. The molecule has 6 rings (SSSR count). The number of carbonyl (C=O) groups excluding carboxylic acids is 2. The summed E-state index contributed by atoms with van der Waals surface area (Å²) in [6.07, 6.45) is 5.14. The third-order valence-electron chi connectivity index (χ3n) is 9.21. The number of primary amides is 1. The van der Waals surface area contributed by atoms with E-state index in [9.17, 15) is 9.59 Å². The Hall–Kier alpha value is -4.43. The van der Waals surface area contributed by atoms with E-state index in [0.29, 0.717) is 18.7 Å². The molecule has 0 bridgehead atoms. The SMILES string of the molecule is C[C@]1(OC(N)=O)CCCC[C@@H]1n1cnc(C(=O)N2CCN(Cc3ccccc3)CC2Cc2ccccc2)c1-c1ccccc1. The molecule has 1 saturated heterocycles. The minimum absolute atomic E-state index is 0.0192. The number of nitrogens with two attached hydrogens (primary N) is 1. The predicted octanol–water partition coefficient (Wildman–Crippen LogP) is 6.09. The lowest BCUT2D eigenvalue weighted by Crippen LogP contribution is -2.55. The van der Waals surface area contributed by atoms with Gasteiger partial charge >= 0.3 is 6.09 Å². The quantitative estimate of drug-likeness (QED) is 0.268. The number of nitrogens with zero attached hydrogens (tertiary/aromatic N) is 4. The van der Waals surface area contributed by atoms with Gasteiger partial charge in [0.1, 0.15) is 5.60 Å². The minimum atomic E-state index is -0.798. The fourth-order valence-corrected chi connectivity index (χ4v) is 7.07. The molecule has 1 unspecified atom stereocenters. The van der Waals surface area contributed by atoms with E-state index in [4.69, 9.17) is 15.5 Å². The first kappa shape index (κ1) is 29.6. The van der Waals surface area contributed by atoms with E-state index in [1.165, 1.54) is 11.1 Å². The fourth-order valence-electron chi connectivity index (χ4n) is 7.07. The number of aromatic nitrogens is 2. The highest BCUT2D eigenvalue weighted by atomic mass is 16.6. The van der Waals surface area contributed by atoms with Crippen molar-refractivity contribution < 1.29 is 14.3 Å². The van der Waals surface area contributed by atoms with Gasteiger partial charge in [0.05, 0.1) is 18.1 Å². The number of benzene rings is 3. The Morgan fingerprint density at radius 1 is 0.909 bits per heavy atom. The van der Waals surface area contributed by atoms with E-state index in [1.54, 1.807) is 6.33 Å². The standard InChI is InChI=1S/C36H41N5O3/c1-36(44-35(37)43)20-12-11-19-31(36)41-26-38-32(33(41)29-17-9-4-10-18-29)34(42)40-22-21-39(24-28-15-7-3-8-16-28)25-30(40)23-27-13-5-2-6-14-27/h2-10,13-18,26,30-31H,11-12,19-25H2,1H3,(H2,37,43)/t30?,31-,36-/m0/s1. The van der Waals surface area contributed by atoms with Gasteiger partial charge in [-0.2, -0.15) is 0 Å². The second-order valence-corrected chi connectivity index (χ2v) is 12.3. The molecule has 8 nitrogen and oxygen atoms in total. The van der Waals surface area contributed by atoms with E-state index >= 15 is 0 Å². The Labute approximate surface area is 259 Å². The van der Waals surface area contributed by atoms with Crippen LogP contribution < -0.4 is 5.73 Å². The molecule has 2 heterocycles. The number of rotatable bonds is 8. The van der Waals surface area contributed by atoms with Gasteiger partial charge in [-0.1, -0.05) is 97.4 Å². The molecule has 44 heavy (non-hydrogen) atoms. The number of imidazole rings is 1. The highest BCUT2D eigenvalue weighted by molar-refractivity contribution is 5.98. The zero-order valence-corrected chi connectivity index (χ0v) is 25.3. The molecule has 4 aromatic rings.